The molecule has 3 fully saturated rings. The Labute approximate surface area is 190 Å². The number of likely N-dealkylation sites (tertiary alicyclic amines) is 3. The number of H-pyrrole nitrogens is 1. The predicted octanol–water partition coefficient (Wildman–Crippen LogP) is 2.30. The lowest BCUT2D eigenvalue weighted by molar-refractivity contribution is -0.147. The molecular formula is C24H27FN4O4. The van der Waals surface area contributed by atoms with Crippen LogP contribution in [0.25, 0.3) is 10.9 Å². The molecule has 3 aliphatic heterocycles. The van der Waals surface area contributed by atoms with Gasteiger partial charge in [-0.05, 0) is 55.4 Å². The Morgan fingerprint density at radius 1 is 0.970 bits per heavy atom. The fourth-order valence-corrected chi connectivity index (χ4v) is 5.44. The zero-order valence-corrected chi connectivity index (χ0v) is 18.4. The number of benzene rings is 1. The number of hydrogen-bond acceptors (Lipinski definition) is 4. The highest BCUT2D eigenvalue weighted by atomic mass is 19.1. The van der Waals surface area contributed by atoms with Gasteiger partial charge in [-0.1, -0.05) is 0 Å². The third-order valence-corrected chi connectivity index (χ3v) is 7.39. The van der Waals surface area contributed by atoms with Crippen molar-refractivity contribution in [3.05, 3.63) is 35.8 Å². The van der Waals surface area contributed by atoms with E-state index in [0.717, 1.165) is 36.1 Å². The molecule has 3 saturated heterocycles. The first-order chi connectivity index (χ1) is 15.8. The molecule has 33 heavy (non-hydrogen) atoms. The van der Waals surface area contributed by atoms with Gasteiger partial charge in [0, 0.05) is 49.9 Å². The number of carbonyl (C=O) groups is 4. The van der Waals surface area contributed by atoms with Gasteiger partial charge >= 0.3 is 0 Å². The van der Waals surface area contributed by atoms with E-state index in [4.69, 9.17) is 0 Å². The predicted molar refractivity (Wildman–Crippen MR) is 118 cm³/mol. The number of rotatable bonds is 3. The minimum atomic E-state index is -0.338. The van der Waals surface area contributed by atoms with Crippen molar-refractivity contribution in [1.82, 2.24) is 19.7 Å². The maximum atomic E-state index is 13.5. The molecule has 3 aliphatic rings. The van der Waals surface area contributed by atoms with Gasteiger partial charge in [-0.3, -0.25) is 24.1 Å². The Bertz CT molecular complexity index is 1120. The normalized spacial score (nSPS) is 20.8. The van der Waals surface area contributed by atoms with Crippen LogP contribution in [0.5, 0.6) is 0 Å². The summed E-state index contributed by atoms with van der Waals surface area (Å²) in [6, 6.07) is 6.09. The molecular weight excluding hydrogens is 427 g/mol. The van der Waals surface area contributed by atoms with Crippen molar-refractivity contribution >= 4 is 34.5 Å². The molecule has 174 valence electrons. The molecule has 0 unspecified atom stereocenters. The van der Waals surface area contributed by atoms with Crippen molar-refractivity contribution in [3.63, 3.8) is 0 Å². The van der Waals surface area contributed by atoms with Crippen LogP contribution in [0.2, 0.25) is 0 Å². The molecule has 0 aliphatic carbocycles. The number of imide groups is 1. The Hall–Kier alpha value is -3.23. The molecule has 1 aromatic heterocycles. The van der Waals surface area contributed by atoms with Gasteiger partial charge in [0.15, 0.2) is 0 Å². The van der Waals surface area contributed by atoms with Crippen LogP contribution in [-0.4, -0.2) is 76.0 Å². The van der Waals surface area contributed by atoms with E-state index in [-0.39, 0.29) is 54.2 Å². The summed E-state index contributed by atoms with van der Waals surface area (Å²) >= 11 is 0. The van der Waals surface area contributed by atoms with Gasteiger partial charge in [0.2, 0.25) is 17.7 Å². The fraction of sp³-hybridized carbons (Fsp3) is 0.500. The monoisotopic (exact) mass is 454 g/mol. The minimum absolute atomic E-state index is 0.0483. The standard InChI is InChI=1S/C24H27FN4O4/c25-17-2-3-18-16(12-17)13-19(26-18)23(33)27-10-7-24(8-11-27)6-1-9-28(15-24)22(32)14-29-20(30)4-5-21(29)31/h2-3,12-13,26H,1,4-11,14-15H2. The van der Waals surface area contributed by atoms with Crippen molar-refractivity contribution in [1.29, 1.82) is 0 Å². The summed E-state index contributed by atoms with van der Waals surface area (Å²) in [7, 11) is 0. The van der Waals surface area contributed by atoms with Crippen molar-refractivity contribution in [3.8, 4) is 0 Å². The van der Waals surface area contributed by atoms with Crippen LogP contribution in [0, 0.1) is 11.2 Å². The maximum absolute atomic E-state index is 13.5. The smallest absolute Gasteiger partial charge is 0.270 e. The third kappa shape index (κ3) is 4.12. The third-order valence-electron chi connectivity index (χ3n) is 7.39. The quantitative estimate of drug-likeness (QED) is 0.721. The molecule has 0 atom stereocenters. The van der Waals surface area contributed by atoms with Gasteiger partial charge in [0.05, 0.1) is 0 Å². The molecule has 4 heterocycles. The van der Waals surface area contributed by atoms with E-state index in [9.17, 15) is 23.6 Å². The van der Waals surface area contributed by atoms with Gasteiger partial charge in [-0.2, -0.15) is 0 Å². The van der Waals surface area contributed by atoms with Crippen LogP contribution < -0.4 is 0 Å². The Morgan fingerprint density at radius 3 is 2.42 bits per heavy atom. The molecule has 0 bridgehead atoms. The molecule has 1 spiro atoms. The number of fused-ring (bicyclic) bond motifs is 1. The van der Waals surface area contributed by atoms with Crippen LogP contribution in [-0.2, 0) is 14.4 Å². The minimum Gasteiger partial charge on any atom is -0.351 e. The topological polar surface area (TPSA) is 93.8 Å². The van der Waals surface area contributed by atoms with Crippen molar-refractivity contribution < 1.29 is 23.6 Å². The van der Waals surface area contributed by atoms with Gasteiger partial charge in [-0.25, -0.2) is 4.39 Å². The number of nitrogens with one attached hydrogen (secondary N) is 1. The maximum Gasteiger partial charge on any atom is 0.270 e. The zero-order chi connectivity index (χ0) is 23.2. The van der Waals surface area contributed by atoms with Crippen molar-refractivity contribution in [2.24, 2.45) is 5.41 Å². The number of hydrogen-bond donors (Lipinski definition) is 1. The Balaban J connectivity index is 1.21. The molecule has 0 radical (unpaired) electrons. The number of aromatic nitrogens is 1. The summed E-state index contributed by atoms with van der Waals surface area (Å²) in [5.74, 6) is -1.16. The lowest BCUT2D eigenvalue weighted by Crippen LogP contribution is -2.53. The van der Waals surface area contributed by atoms with Gasteiger partial charge in [0.1, 0.15) is 18.1 Å². The molecule has 1 aromatic carbocycles. The summed E-state index contributed by atoms with van der Waals surface area (Å²) in [6.45, 7) is 2.24. The zero-order valence-electron chi connectivity index (χ0n) is 18.4. The first-order valence-corrected chi connectivity index (χ1v) is 11.5. The van der Waals surface area contributed by atoms with Gasteiger partial charge in [-0.15, -0.1) is 0 Å². The van der Waals surface area contributed by atoms with Gasteiger partial charge < -0.3 is 14.8 Å². The highest BCUT2D eigenvalue weighted by Gasteiger charge is 2.41. The molecule has 9 heteroatoms. The highest BCUT2D eigenvalue weighted by Crippen LogP contribution is 2.40. The average Bonchev–Trinajstić information content (AvgIpc) is 3.37. The molecule has 1 N–H and O–H groups in total. The molecule has 8 nitrogen and oxygen atoms in total. The van der Waals surface area contributed by atoms with Crippen LogP contribution in [0.1, 0.15) is 49.0 Å². The second-order valence-electron chi connectivity index (χ2n) is 9.50. The first kappa shape index (κ1) is 21.6. The van der Waals surface area contributed by atoms with Crippen LogP contribution >= 0.6 is 0 Å². The summed E-state index contributed by atoms with van der Waals surface area (Å²) in [6.07, 6.45) is 3.82. The number of nitrogens with zero attached hydrogens (tertiary/aromatic N) is 3. The van der Waals surface area contributed by atoms with E-state index in [0.29, 0.717) is 37.3 Å². The summed E-state index contributed by atoms with van der Waals surface area (Å²) in [4.78, 5) is 57.3. The second-order valence-corrected chi connectivity index (χ2v) is 9.50. The van der Waals surface area contributed by atoms with E-state index in [1.165, 1.54) is 12.1 Å². The van der Waals surface area contributed by atoms with E-state index >= 15 is 0 Å². The van der Waals surface area contributed by atoms with E-state index < -0.39 is 0 Å². The highest BCUT2D eigenvalue weighted by molar-refractivity contribution is 6.04. The number of aromatic amines is 1. The Morgan fingerprint density at radius 2 is 1.70 bits per heavy atom. The molecule has 5 rings (SSSR count). The van der Waals surface area contributed by atoms with Crippen molar-refractivity contribution in [2.75, 3.05) is 32.7 Å². The molecule has 4 amide bonds. The summed E-state index contributed by atoms with van der Waals surface area (Å²) < 4.78 is 13.5. The first-order valence-electron chi connectivity index (χ1n) is 11.5. The fourth-order valence-electron chi connectivity index (χ4n) is 5.44. The molecule has 2 aromatic rings. The van der Waals surface area contributed by atoms with E-state index in [1.807, 2.05) is 4.90 Å². The largest absolute Gasteiger partial charge is 0.351 e. The number of amides is 4. The van der Waals surface area contributed by atoms with Crippen molar-refractivity contribution in [2.45, 2.75) is 38.5 Å². The number of piperidine rings is 2. The SMILES string of the molecule is O=C(CN1C(=O)CCC1=O)N1CCCC2(CCN(C(=O)c3cc4cc(F)ccc4[nH]3)CC2)C1. The van der Waals surface area contributed by atoms with Gasteiger partial charge in [0.25, 0.3) is 5.91 Å². The lowest BCUT2D eigenvalue weighted by Gasteiger charge is -2.47. The van der Waals surface area contributed by atoms with Crippen LogP contribution in [0.4, 0.5) is 4.39 Å². The molecule has 0 saturated carbocycles. The average molecular weight is 455 g/mol. The van der Waals surface area contributed by atoms with E-state index in [1.54, 1.807) is 17.0 Å². The lowest BCUT2D eigenvalue weighted by atomic mass is 9.72. The van der Waals surface area contributed by atoms with Crippen LogP contribution in [0.3, 0.4) is 0 Å². The summed E-state index contributed by atoms with van der Waals surface area (Å²) in [5, 5.41) is 0.670. The summed E-state index contributed by atoms with van der Waals surface area (Å²) in [5.41, 5.74) is 1.13. The Kier molecular flexibility index (Phi) is 5.42. The number of halogens is 1. The second kappa shape index (κ2) is 8.28. The number of carbonyl (C=O) groups excluding carboxylic acids is 4. The van der Waals surface area contributed by atoms with E-state index in [2.05, 4.69) is 4.98 Å². The van der Waals surface area contributed by atoms with Crippen LogP contribution in [0.15, 0.2) is 24.3 Å².